The van der Waals surface area contributed by atoms with Gasteiger partial charge in [-0.2, -0.15) is 5.10 Å². The highest BCUT2D eigenvalue weighted by molar-refractivity contribution is 9.10. The van der Waals surface area contributed by atoms with Crippen LogP contribution >= 0.6 is 27.7 Å². The molecular formula is C21H19BrN4S. The highest BCUT2D eigenvalue weighted by Crippen LogP contribution is 2.30. The van der Waals surface area contributed by atoms with Gasteiger partial charge in [0.15, 0.2) is 0 Å². The highest BCUT2D eigenvalue weighted by atomic mass is 79.9. The number of halogens is 1. The molecule has 6 heteroatoms. The summed E-state index contributed by atoms with van der Waals surface area (Å²) in [6.07, 6.45) is 3.91. The Hall–Kier alpha value is -2.31. The summed E-state index contributed by atoms with van der Waals surface area (Å²) in [5.74, 6) is 0. The van der Waals surface area contributed by atoms with Gasteiger partial charge in [0.2, 0.25) is 0 Å². The number of nitrogens with zero attached hydrogens (tertiary/aromatic N) is 4. The van der Waals surface area contributed by atoms with Gasteiger partial charge in [-0.1, -0.05) is 18.2 Å². The summed E-state index contributed by atoms with van der Waals surface area (Å²) in [6, 6.07) is 22.8. The van der Waals surface area contributed by atoms with Gasteiger partial charge in [0, 0.05) is 21.3 Å². The Bertz CT molecular complexity index is 944. The van der Waals surface area contributed by atoms with E-state index < -0.39 is 0 Å². The highest BCUT2D eigenvalue weighted by Gasteiger charge is 2.23. The Morgan fingerprint density at radius 1 is 0.963 bits per heavy atom. The first-order valence-corrected chi connectivity index (χ1v) is 10.7. The minimum atomic E-state index is 0.678. The lowest BCUT2D eigenvalue weighted by molar-refractivity contribution is 0.754. The van der Waals surface area contributed by atoms with Gasteiger partial charge in [-0.25, -0.2) is 5.01 Å². The molecule has 4 rings (SSSR count). The Balaban J connectivity index is 1.72. The van der Waals surface area contributed by atoms with Gasteiger partial charge in [-0.15, -0.1) is 11.8 Å². The normalized spacial score (nSPS) is 14.2. The Labute approximate surface area is 172 Å². The third kappa shape index (κ3) is 4.01. The number of hydrogen-bond acceptors (Lipinski definition) is 5. The van der Waals surface area contributed by atoms with Gasteiger partial charge in [-0.3, -0.25) is 4.98 Å². The quantitative estimate of drug-likeness (QED) is 0.520. The molecule has 0 saturated heterocycles. The molecule has 3 aromatic rings. The van der Waals surface area contributed by atoms with Crippen LogP contribution in [0.15, 0.2) is 87.4 Å². The van der Waals surface area contributed by atoms with Gasteiger partial charge in [-0.05, 0) is 70.7 Å². The second kappa shape index (κ2) is 8.15. The van der Waals surface area contributed by atoms with E-state index in [9.17, 15) is 0 Å². The summed E-state index contributed by atoms with van der Waals surface area (Å²) in [4.78, 5) is 8.09. The van der Waals surface area contributed by atoms with Gasteiger partial charge >= 0.3 is 0 Å². The molecule has 0 N–H and O–H groups in total. The van der Waals surface area contributed by atoms with E-state index in [1.54, 1.807) is 11.8 Å². The van der Waals surface area contributed by atoms with Crippen molar-refractivity contribution in [2.45, 2.75) is 4.90 Å². The average molecular weight is 439 g/mol. The van der Waals surface area contributed by atoms with Crippen molar-refractivity contribution in [1.82, 2.24) is 4.98 Å². The second-order valence-electron chi connectivity index (χ2n) is 6.15. The predicted octanol–water partition coefficient (Wildman–Crippen LogP) is 5.25. The molecule has 0 spiro atoms. The van der Waals surface area contributed by atoms with Crippen LogP contribution in [0.4, 0.5) is 11.4 Å². The average Bonchev–Trinajstić information content (AvgIpc) is 2.74. The summed E-state index contributed by atoms with van der Waals surface area (Å²) in [6.45, 7) is 1.40. The van der Waals surface area contributed by atoms with E-state index >= 15 is 0 Å². The molecule has 2 heterocycles. The van der Waals surface area contributed by atoms with E-state index in [0.717, 1.165) is 28.1 Å². The summed E-state index contributed by atoms with van der Waals surface area (Å²) >= 11 is 5.41. The van der Waals surface area contributed by atoms with E-state index in [4.69, 9.17) is 5.10 Å². The van der Waals surface area contributed by atoms with Crippen molar-refractivity contribution in [3.8, 4) is 0 Å². The van der Waals surface area contributed by atoms with Crippen LogP contribution in [0.3, 0.4) is 0 Å². The van der Waals surface area contributed by atoms with Crippen molar-refractivity contribution in [3.05, 3.63) is 83.1 Å². The molecule has 136 valence electrons. The molecule has 0 atom stereocenters. The third-order valence-corrected chi connectivity index (χ3v) is 5.83. The molecule has 1 aromatic heterocycles. The molecule has 0 aliphatic carbocycles. The number of para-hydroxylation sites is 1. The fourth-order valence-electron chi connectivity index (χ4n) is 3.02. The maximum atomic E-state index is 4.90. The monoisotopic (exact) mass is 438 g/mol. The van der Waals surface area contributed by atoms with Gasteiger partial charge in [0.25, 0.3) is 0 Å². The summed E-state index contributed by atoms with van der Waals surface area (Å²) in [5.41, 5.74) is 4.07. The SMILES string of the molecule is CSc1ccc(N2CC(c3ccccn3)=NN(c3ccccc3Br)C2)cc1. The molecule has 2 aromatic carbocycles. The largest absolute Gasteiger partial charge is 0.346 e. The molecule has 0 saturated carbocycles. The number of anilines is 2. The standard InChI is InChI=1S/C21H19BrN4S/c1-27-17-11-9-16(10-12-17)25-14-20(19-7-4-5-13-23-19)24-26(15-25)21-8-3-2-6-18(21)22/h2-13H,14-15H2,1H3. The number of rotatable bonds is 4. The van der Waals surface area contributed by atoms with Crippen LogP contribution in [-0.4, -0.2) is 30.2 Å². The molecule has 0 amide bonds. The van der Waals surface area contributed by atoms with Crippen LogP contribution in [0.2, 0.25) is 0 Å². The van der Waals surface area contributed by atoms with Crippen molar-refractivity contribution < 1.29 is 0 Å². The first kappa shape index (κ1) is 18.1. The molecular weight excluding hydrogens is 420 g/mol. The molecule has 1 aliphatic heterocycles. The number of benzene rings is 2. The van der Waals surface area contributed by atoms with E-state index in [0.29, 0.717) is 6.67 Å². The number of hydrazone groups is 1. The lowest BCUT2D eigenvalue weighted by Gasteiger charge is -2.36. The number of thioether (sulfide) groups is 1. The molecule has 0 unspecified atom stereocenters. The van der Waals surface area contributed by atoms with Gasteiger partial charge < -0.3 is 4.90 Å². The van der Waals surface area contributed by atoms with E-state index in [-0.39, 0.29) is 0 Å². The van der Waals surface area contributed by atoms with Crippen molar-refractivity contribution in [3.63, 3.8) is 0 Å². The van der Waals surface area contributed by atoms with E-state index in [1.807, 2.05) is 47.6 Å². The summed E-state index contributed by atoms with van der Waals surface area (Å²) in [5, 5.41) is 6.93. The van der Waals surface area contributed by atoms with Gasteiger partial charge in [0.1, 0.15) is 12.4 Å². The first-order chi connectivity index (χ1) is 13.2. The zero-order chi connectivity index (χ0) is 18.6. The van der Waals surface area contributed by atoms with E-state index in [2.05, 4.69) is 62.4 Å². The topological polar surface area (TPSA) is 31.7 Å². The summed E-state index contributed by atoms with van der Waals surface area (Å²) < 4.78 is 1.02. The van der Waals surface area contributed by atoms with Crippen LogP contribution in [0.1, 0.15) is 5.69 Å². The molecule has 0 fully saturated rings. The van der Waals surface area contributed by atoms with Crippen LogP contribution in [0, 0.1) is 0 Å². The molecule has 0 bridgehead atoms. The lowest BCUT2D eigenvalue weighted by atomic mass is 10.2. The molecule has 4 nitrogen and oxygen atoms in total. The maximum Gasteiger partial charge on any atom is 0.113 e. The molecule has 27 heavy (non-hydrogen) atoms. The third-order valence-electron chi connectivity index (χ3n) is 4.42. The fourth-order valence-corrected chi connectivity index (χ4v) is 3.92. The molecule has 1 aliphatic rings. The lowest BCUT2D eigenvalue weighted by Crippen LogP contribution is -2.44. The predicted molar refractivity (Wildman–Crippen MR) is 118 cm³/mol. The number of hydrogen-bond donors (Lipinski definition) is 0. The zero-order valence-corrected chi connectivity index (χ0v) is 17.3. The smallest absolute Gasteiger partial charge is 0.113 e. The van der Waals surface area contributed by atoms with Gasteiger partial charge in [0.05, 0.1) is 17.9 Å². The summed E-state index contributed by atoms with van der Waals surface area (Å²) in [7, 11) is 0. The van der Waals surface area contributed by atoms with E-state index in [1.165, 1.54) is 10.6 Å². The van der Waals surface area contributed by atoms with Crippen LogP contribution in [-0.2, 0) is 0 Å². The van der Waals surface area contributed by atoms with Crippen molar-refractivity contribution in [1.29, 1.82) is 0 Å². The van der Waals surface area contributed by atoms with Crippen LogP contribution in [0.25, 0.3) is 0 Å². The van der Waals surface area contributed by atoms with Crippen LogP contribution < -0.4 is 9.91 Å². The van der Waals surface area contributed by atoms with Crippen molar-refractivity contribution in [2.75, 3.05) is 29.4 Å². The number of pyridine rings is 1. The Kier molecular flexibility index (Phi) is 5.45. The first-order valence-electron chi connectivity index (χ1n) is 8.64. The minimum Gasteiger partial charge on any atom is -0.346 e. The minimum absolute atomic E-state index is 0.678. The number of aromatic nitrogens is 1. The Morgan fingerprint density at radius 2 is 1.74 bits per heavy atom. The Morgan fingerprint density at radius 3 is 2.44 bits per heavy atom. The maximum absolute atomic E-state index is 4.90. The van der Waals surface area contributed by atoms with Crippen LogP contribution in [0.5, 0.6) is 0 Å². The van der Waals surface area contributed by atoms with Crippen molar-refractivity contribution in [2.24, 2.45) is 5.10 Å². The molecule has 0 radical (unpaired) electrons. The van der Waals surface area contributed by atoms with Crippen molar-refractivity contribution >= 4 is 44.8 Å². The zero-order valence-electron chi connectivity index (χ0n) is 14.9. The second-order valence-corrected chi connectivity index (χ2v) is 7.88. The fraction of sp³-hybridized carbons (Fsp3) is 0.143.